The number of amides is 1. The van der Waals surface area contributed by atoms with Crippen LogP contribution in [0.2, 0.25) is 0 Å². The molecule has 1 aliphatic rings. The Morgan fingerprint density at radius 2 is 1.62 bits per heavy atom. The lowest BCUT2D eigenvalue weighted by atomic mass is 10.1. The van der Waals surface area contributed by atoms with Crippen LogP contribution in [0.4, 0.5) is 5.69 Å². The van der Waals surface area contributed by atoms with E-state index in [-0.39, 0.29) is 17.2 Å². The molecule has 0 unspecified atom stereocenters. The van der Waals surface area contributed by atoms with Crippen LogP contribution in [0.25, 0.3) is 0 Å². The molecule has 3 rings (SSSR count). The van der Waals surface area contributed by atoms with Crippen molar-refractivity contribution in [3.8, 4) is 17.2 Å². The normalized spacial score (nSPS) is 13.2. The third kappa shape index (κ3) is 4.40. The van der Waals surface area contributed by atoms with Crippen molar-refractivity contribution in [1.29, 1.82) is 0 Å². The van der Waals surface area contributed by atoms with E-state index in [9.17, 15) is 13.2 Å². The van der Waals surface area contributed by atoms with Crippen LogP contribution in [-0.4, -0.2) is 59.6 Å². The van der Waals surface area contributed by atoms with Crippen molar-refractivity contribution in [2.45, 2.75) is 31.6 Å². The average Bonchev–Trinajstić information content (AvgIpc) is 3.22. The van der Waals surface area contributed by atoms with Gasteiger partial charge in [0.25, 0.3) is 0 Å². The van der Waals surface area contributed by atoms with Gasteiger partial charge in [-0.25, -0.2) is 8.42 Å². The first-order valence-corrected chi connectivity index (χ1v) is 12.0. The van der Waals surface area contributed by atoms with E-state index in [0.717, 1.165) is 16.8 Å². The number of sulfonamides is 1. The molecule has 0 saturated carbocycles. The molecule has 0 aromatic heterocycles. The maximum Gasteiger partial charge on any atom is 0.243 e. The van der Waals surface area contributed by atoms with Gasteiger partial charge in [-0.05, 0) is 47.9 Å². The summed E-state index contributed by atoms with van der Waals surface area (Å²) in [6, 6.07) is 8.52. The van der Waals surface area contributed by atoms with E-state index in [2.05, 4.69) is 0 Å². The Kier molecular flexibility index (Phi) is 7.30. The lowest BCUT2D eigenvalue weighted by Gasteiger charge is -2.20. The van der Waals surface area contributed by atoms with Gasteiger partial charge in [-0.15, -0.1) is 0 Å². The predicted molar refractivity (Wildman–Crippen MR) is 122 cm³/mol. The molecule has 9 heteroatoms. The van der Waals surface area contributed by atoms with Crippen LogP contribution < -0.4 is 19.1 Å². The van der Waals surface area contributed by atoms with Crippen LogP contribution in [0, 0.1) is 0 Å². The number of carbonyl (C=O) groups is 1. The fraction of sp³-hybridized carbons (Fsp3) is 0.435. The molecule has 0 spiro atoms. The molecule has 0 bridgehead atoms. The first-order chi connectivity index (χ1) is 15.3. The van der Waals surface area contributed by atoms with Gasteiger partial charge in [0.15, 0.2) is 11.5 Å². The largest absolute Gasteiger partial charge is 0.493 e. The molecular weight excluding hydrogens is 432 g/mol. The average molecular weight is 463 g/mol. The van der Waals surface area contributed by atoms with E-state index in [1.807, 2.05) is 13.8 Å². The van der Waals surface area contributed by atoms with Crippen molar-refractivity contribution in [2.24, 2.45) is 0 Å². The number of fused-ring (bicyclic) bond motifs is 1. The van der Waals surface area contributed by atoms with Crippen LogP contribution >= 0.6 is 0 Å². The fourth-order valence-corrected chi connectivity index (χ4v) is 5.53. The first kappa shape index (κ1) is 23.9. The van der Waals surface area contributed by atoms with Gasteiger partial charge in [0.1, 0.15) is 0 Å². The van der Waals surface area contributed by atoms with Crippen molar-refractivity contribution in [1.82, 2.24) is 4.31 Å². The second-order valence-electron chi connectivity index (χ2n) is 7.39. The van der Waals surface area contributed by atoms with E-state index < -0.39 is 10.0 Å². The highest BCUT2D eigenvalue weighted by Gasteiger charge is 2.29. The topological polar surface area (TPSA) is 85.4 Å². The molecule has 1 amide bonds. The standard InChI is InChI=1S/C23H30N2O6S/c1-6-24(7-2)32(27,28)18-8-9-19-17(15-18)10-11-25(19)22(26)14-16-12-20(29-3)23(31-5)21(13-16)30-4/h8-9,12-13,15H,6-7,10-11,14H2,1-5H3. The van der Waals surface area contributed by atoms with Gasteiger partial charge in [-0.2, -0.15) is 4.31 Å². The van der Waals surface area contributed by atoms with Crippen molar-refractivity contribution in [2.75, 3.05) is 45.9 Å². The molecule has 0 fully saturated rings. The van der Waals surface area contributed by atoms with Gasteiger partial charge in [0, 0.05) is 25.3 Å². The molecule has 0 saturated heterocycles. The quantitative estimate of drug-likeness (QED) is 0.570. The zero-order valence-corrected chi connectivity index (χ0v) is 20.0. The van der Waals surface area contributed by atoms with E-state index in [1.54, 1.807) is 35.2 Å². The Bertz CT molecular complexity index is 1070. The van der Waals surface area contributed by atoms with Gasteiger partial charge in [-0.1, -0.05) is 13.8 Å². The zero-order chi connectivity index (χ0) is 23.5. The maximum atomic E-state index is 13.1. The summed E-state index contributed by atoms with van der Waals surface area (Å²) in [6.45, 7) is 4.97. The molecular formula is C23H30N2O6S. The lowest BCUT2D eigenvalue weighted by Crippen LogP contribution is -2.31. The van der Waals surface area contributed by atoms with Crippen LogP contribution in [0.3, 0.4) is 0 Å². The number of ether oxygens (including phenoxy) is 3. The van der Waals surface area contributed by atoms with Crippen LogP contribution in [0.5, 0.6) is 17.2 Å². The van der Waals surface area contributed by atoms with Crippen molar-refractivity contribution < 1.29 is 27.4 Å². The van der Waals surface area contributed by atoms with Crippen molar-refractivity contribution >= 4 is 21.6 Å². The summed E-state index contributed by atoms with van der Waals surface area (Å²) in [4.78, 5) is 15.1. The highest BCUT2D eigenvalue weighted by Crippen LogP contribution is 2.39. The summed E-state index contributed by atoms with van der Waals surface area (Å²) in [7, 11) is 1.05. The molecule has 8 nitrogen and oxygen atoms in total. The van der Waals surface area contributed by atoms with Gasteiger partial charge >= 0.3 is 0 Å². The number of nitrogens with zero attached hydrogens (tertiary/aromatic N) is 2. The van der Waals surface area contributed by atoms with Crippen molar-refractivity contribution in [3.05, 3.63) is 41.5 Å². The Morgan fingerprint density at radius 1 is 1.00 bits per heavy atom. The third-order valence-electron chi connectivity index (χ3n) is 5.67. The minimum Gasteiger partial charge on any atom is -0.493 e. The van der Waals surface area contributed by atoms with Gasteiger partial charge in [-0.3, -0.25) is 4.79 Å². The Hall–Kier alpha value is -2.78. The second-order valence-corrected chi connectivity index (χ2v) is 9.32. The molecule has 1 heterocycles. The summed E-state index contributed by atoms with van der Waals surface area (Å²) in [6.07, 6.45) is 0.758. The van der Waals surface area contributed by atoms with Crippen molar-refractivity contribution in [3.63, 3.8) is 0 Å². The summed E-state index contributed by atoms with van der Waals surface area (Å²) in [5, 5.41) is 0. The molecule has 174 valence electrons. The molecule has 1 aliphatic heterocycles. The number of anilines is 1. The van der Waals surface area contributed by atoms with Crippen LogP contribution in [0.1, 0.15) is 25.0 Å². The summed E-state index contributed by atoms with van der Waals surface area (Å²) in [5.41, 5.74) is 2.34. The minimum absolute atomic E-state index is 0.0858. The predicted octanol–water partition coefficient (Wildman–Crippen LogP) is 2.87. The summed E-state index contributed by atoms with van der Waals surface area (Å²) >= 11 is 0. The number of methoxy groups -OCH3 is 3. The lowest BCUT2D eigenvalue weighted by molar-refractivity contribution is -0.117. The minimum atomic E-state index is -3.54. The van der Waals surface area contributed by atoms with E-state index in [1.165, 1.54) is 25.6 Å². The Morgan fingerprint density at radius 3 is 2.16 bits per heavy atom. The zero-order valence-electron chi connectivity index (χ0n) is 19.2. The number of carbonyl (C=O) groups excluding carboxylic acids is 1. The van der Waals surface area contributed by atoms with Gasteiger partial charge in [0.2, 0.25) is 21.7 Å². The first-order valence-electron chi connectivity index (χ1n) is 10.5. The highest BCUT2D eigenvalue weighted by atomic mass is 32.2. The molecule has 0 aliphatic carbocycles. The van der Waals surface area contributed by atoms with E-state index in [4.69, 9.17) is 14.2 Å². The third-order valence-corrected chi connectivity index (χ3v) is 7.72. The number of benzene rings is 2. The monoisotopic (exact) mass is 462 g/mol. The molecule has 2 aromatic rings. The summed E-state index contributed by atoms with van der Waals surface area (Å²) in [5.74, 6) is 1.36. The molecule has 0 radical (unpaired) electrons. The summed E-state index contributed by atoms with van der Waals surface area (Å²) < 4.78 is 43.2. The fourth-order valence-electron chi connectivity index (χ4n) is 4.02. The maximum absolute atomic E-state index is 13.1. The van der Waals surface area contributed by atoms with E-state index in [0.29, 0.717) is 43.3 Å². The van der Waals surface area contributed by atoms with Crippen LogP contribution in [0.15, 0.2) is 35.2 Å². The second kappa shape index (κ2) is 9.79. The molecule has 2 aromatic carbocycles. The van der Waals surface area contributed by atoms with E-state index >= 15 is 0 Å². The molecule has 0 atom stereocenters. The molecule has 0 N–H and O–H groups in total. The smallest absolute Gasteiger partial charge is 0.243 e. The Labute approximate surface area is 189 Å². The van der Waals surface area contributed by atoms with Gasteiger partial charge in [0.05, 0.1) is 32.6 Å². The molecule has 32 heavy (non-hydrogen) atoms. The number of hydrogen-bond donors (Lipinski definition) is 0. The number of hydrogen-bond acceptors (Lipinski definition) is 6. The Balaban J connectivity index is 1.85. The number of rotatable bonds is 9. The van der Waals surface area contributed by atoms with Crippen LogP contribution in [-0.2, 0) is 27.7 Å². The SMILES string of the molecule is CCN(CC)S(=O)(=O)c1ccc2c(c1)CCN2C(=O)Cc1cc(OC)c(OC)c(OC)c1. The van der Waals surface area contributed by atoms with Gasteiger partial charge < -0.3 is 19.1 Å². The highest BCUT2D eigenvalue weighted by molar-refractivity contribution is 7.89.